The van der Waals surface area contributed by atoms with Crippen molar-refractivity contribution in [1.82, 2.24) is 20.0 Å². The first-order valence-electron chi connectivity index (χ1n) is 7.59. The van der Waals surface area contributed by atoms with Crippen molar-refractivity contribution in [2.75, 3.05) is 11.9 Å². The third-order valence-electron chi connectivity index (χ3n) is 3.24. The van der Waals surface area contributed by atoms with Gasteiger partial charge in [-0.05, 0) is 19.1 Å². The minimum absolute atomic E-state index is 0.0558. The first kappa shape index (κ1) is 15.7. The molecule has 2 aromatic heterocycles. The molecule has 0 radical (unpaired) electrons. The topological polar surface area (TPSA) is 81.9 Å². The predicted octanol–water partition coefficient (Wildman–Crippen LogP) is 2.38. The van der Waals surface area contributed by atoms with Gasteiger partial charge in [-0.3, -0.25) is 4.79 Å². The van der Waals surface area contributed by atoms with Crippen molar-refractivity contribution >= 4 is 11.6 Å². The van der Waals surface area contributed by atoms with Crippen LogP contribution in [0.2, 0.25) is 0 Å². The summed E-state index contributed by atoms with van der Waals surface area (Å²) in [5.41, 5.74) is 2.21. The third-order valence-corrected chi connectivity index (χ3v) is 3.24. The Labute approximate surface area is 139 Å². The summed E-state index contributed by atoms with van der Waals surface area (Å²) >= 11 is 0. The number of ether oxygens (including phenoxy) is 1. The lowest BCUT2D eigenvalue weighted by Crippen LogP contribution is -2.19. The van der Waals surface area contributed by atoms with Crippen LogP contribution >= 0.6 is 0 Å². The highest BCUT2D eigenvalue weighted by atomic mass is 16.5. The van der Waals surface area contributed by atoms with Gasteiger partial charge < -0.3 is 10.1 Å². The summed E-state index contributed by atoms with van der Waals surface area (Å²) in [7, 11) is 0. The highest BCUT2D eigenvalue weighted by Crippen LogP contribution is 2.20. The molecule has 2 heterocycles. The Kier molecular flexibility index (Phi) is 4.81. The first-order chi connectivity index (χ1) is 11.8. The molecule has 0 aliphatic heterocycles. The Balaban J connectivity index is 1.67. The van der Waals surface area contributed by atoms with Gasteiger partial charge in [0.2, 0.25) is 11.8 Å². The first-order valence-corrected chi connectivity index (χ1v) is 7.59. The highest BCUT2D eigenvalue weighted by Gasteiger charge is 2.11. The molecule has 0 bridgehead atoms. The molecule has 1 N–H and O–H groups in total. The Morgan fingerprint density at radius 3 is 2.83 bits per heavy atom. The number of hydrogen-bond acceptors (Lipinski definition) is 5. The second kappa shape index (κ2) is 7.36. The number of pyridine rings is 1. The van der Waals surface area contributed by atoms with Gasteiger partial charge in [0.15, 0.2) is 0 Å². The molecule has 0 aliphatic rings. The number of anilines is 1. The lowest BCUT2D eigenvalue weighted by molar-refractivity contribution is -0.116. The Morgan fingerprint density at radius 2 is 2.04 bits per heavy atom. The molecule has 24 heavy (non-hydrogen) atoms. The highest BCUT2D eigenvalue weighted by molar-refractivity contribution is 5.91. The van der Waals surface area contributed by atoms with Gasteiger partial charge in [-0.15, -0.1) is 5.10 Å². The molecule has 0 aliphatic carbocycles. The van der Waals surface area contributed by atoms with Crippen LogP contribution in [0.1, 0.15) is 6.92 Å². The summed E-state index contributed by atoms with van der Waals surface area (Å²) in [6, 6.07) is 13.2. The van der Waals surface area contributed by atoms with Gasteiger partial charge >= 0.3 is 0 Å². The van der Waals surface area contributed by atoms with Crippen LogP contribution in [-0.4, -0.2) is 32.5 Å². The maximum absolute atomic E-state index is 12.2. The molecule has 1 aromatic carbocycles. The molecule has 0 unspecified atom stereocenters. The Morgan fingerprint density at radius 1 is 1.21 bits per heavy atom. The van der Waals surface area contributed by atoms with Gasteiger partial charge in [-0.2, -0.15) is 0 Å². The number of nitrogens with zero attached hydrogens (tertiary/aromatic N) is 4. The fourth-order valence-corrected chi connectivity index (χ4v) is 2.19. The molecule has 1 amide bonds. The summed E-state index contributed by atoms with van der Waals surface area (Å²) in [5.74, 6) is 0.172. The lowest BCUT2D eigenvalue weighted by atomic mass is 10.2. The zero-order chi connectivity index (χ0) is 16.8. The van der Waals surface area contributed by atoms with E-state index in [1.165, 1.54) is 4.68 Å². The van der Waals surface area contributed by atoms with Gasteiger partial charge in [-0.1, -0.05) is 35.5 Å². The smallest absolute Gasteiger partial charge is 0.246 e. The Bertz CT molecular complexity index is 817. The number of benzene rings is 1. The number of amides is 1. The van der Waals surface area contributed by atoms with Crippen molar-refractivity contribution in [3.8, 4) is 17.1 Å². The molecular formula is C17H17N5O2. The van der Waals surface area contributed by atoms with E-state index in [-0.39, 0.29) is 12.5 Å². The van der Waals surface area contributed by atoms with Crippen LogP contribution in [0.15, 0.2) is 54.9 Å². The largest absolute Gasteiger partial charge is 0.476 e. The summed E-state index contributed by atoms with van der Waals surface area (Å²) in [6.07, 6.45) is 3.35. The van der Waals surface area contributed by atoms with Crippen molar-refractivity contribution in [2.45, 2.75) is 13.5 Å². The fraction of sp³-hybridized carbons (Fsp3) is 0.176. The molecule has 0 atom stereocenters. The fourth-order valence-electron chi connectivity index (χ4n) is 2.19. The number of nitrogens with one attached hydrogen (secondary N) is 1. The van der Waals surface area contributed by atoms with E-state index in [9.17, 15) is 4.79 Å². The van der Waals surface area contributed by atoms with Gasteiger partial charge in [0.1, 0.15) is 17.9 Å². The number of rotatable bonds is 6. The molecule has 3 rings (SSSR count). The molecule has 0 saturated heterocycles. The predicted molar refractivity (Wildman–Crippen MR) is 89.5 cm³/mol. The molecule has 7 nitrogen and oxygen atoms in total. The van der Waals surface area contributed by atoms with Gasteiger partial charge in [-0.25, -0.2) is 9.67 Å². The third kappa shape index (κ3) is 3.75. The van der Waals surface area contributed by atoms with E-state index < -0.39 is 0 Å². The van der Waals surface area contributed by atoms with E-state index in [0.29, 0.717) is 18.2 Å². The minimum Gasteiger partial charge on any atom is -0.476 e. The van der Waals surface area contributed by atoms with Crippen molar-refractivity contribution in [2.24, 2.45) is 0 Å². The van der Waals surface area contributed by atoms with Crippen LogP contribution in [0, 0.1) is 0 Å². The molecule has 0 saturated carbocycles. The Hall–Kier alpha value is -3.22. The van der Waals surface area contributed by atoms with Gasteiger partial charge in [0, 0.05) is 11.8 Å². The molecule has 3 aromatic rings. The van der Waals surface area contributed by atoms with E-state index in [1.54, 1.807) is 24.5 Å². The van der Waals surface area contributed by atoms with Crippen molar-refractivity contribution in [3.63, 3.8) is 0 Å². The standard InChI is InChI=1S/C17H17N5O2/c1-2-24-17-14(9-6-10-18-17)19-16(23)12-22-11-15(20-21-22)13-7-4-3-5-8-13/h3-11H,2,12H2,1H3,(H,19,23). The zero-order valence-electron chi connectivity index (χ0n) is 13.2. The summed E-state index contributed by atoms with van der Waals surface area (Å²) < 4.78 is 6.88. The van der Waals surface area contributed by atoms with E-state index >= 15 is 0 Å². The average molecular weight is 323 g/mol. The minimum atomic E-state index is -0.228. The van der Waals surface area contributed by atoms with Gasteiger partial charge in [0.05, 0.1) is 12.8 Å². The normalized spacial score (nSPS) is 10.4. The van der Waals surface area contributed by atoms with Crippen LogP contribution < -0.4 is 10.1 Å². The number of carbonyl (C=O) groups excluding carboxylic acids is 1. The van der Waals surface area contributed by atoms with Gasteiger partial charge in [0.25, 0.3) is 0 Å². The lowest BCUT2D eigenvalue weighted by Gasteiger charge is -2.09. The molecular weight excluding hydrogens is 306 g/mol. The van der Waals surface area contributed by atoms with E-state index in [1.807, 2.05) is 37.3 Å². The monoisotopic (exact) mass is 323 g/mol. The van der Waals surface area contributed by atoms with E-state index in [4.69, 9.17) is 4.74 Å². The van der Waals surface area contributed by atoms with Crippen molar-refractivity contribution < 1.29 is 9.53 Å². The van der Waals surface area contributed by atoms with Crippen LogP contribution in [0.5, 0.6) is 5.88 Å². The number of aromatic nitrogens is 4. The summed E-state index contributed by atoms with van der Waals surface area (Å²) in [4.78, 5) is 16.3. The quantitative estimate of drug-likeness (QED) is 0.753. The summed E-state index contributed by atoms with van der Waals surface area (Å²) in [6.45, 7) is 2.39. The van der Waals surface area contributed by atoms with E-state index in [0.717, 1.165) is 11.3 Å². The SMILES string of the molecule is CCOc1ncccc1NC(=O)Cn1cc(-c2ccccc2)nn1. The molecule has 0 fully saturated rings. The molecule has 122 valence electrons. The zero-order valence-corrected chi connectivity index (χ0v) is 13.2. The number of hydrogen-bond donors (Lipinski definition) is 1. The molecule has 0 spiro atoms. The summed E-state index contributed by atoms with van der Waals surface area (Å²) in [5, 5.41) is 10.9. The molecule has 7 heteroatoms. The maximum Gasteiger partial charge on any atom is 0.246 e. The van der Waals surface area contributed by atoms with E-state index in [2.05, 4.69) is 20.6 Å². The van der Waals surface area contributed by atoms with Crippen LogP contribution in [0.25, 0.3) is 11.3 Å². The van der Waals surface area contributed by atoms with Crippen molar-refractivity contribution in [1.29, 1.82) is 0 Å². The van der Waals surface area contributed by atoms with Crippen LogP contribution in [0.3, 0.4) is 0 Å². The van der Waals surface area contributed by atoms with Crippen molar-refractivity contribution in [3.05, 3.63) is 54.9 Å². The number of carbonyl (C=O) groups is 1. The maximum atomic E-state index is 12.2. The van der Waals surface area contributed by atoms with Crippen LogP contribution in [-0.2, 0) is 11.3 Å². The average Bonchev–Trinajstić information content (AvgIpc) is 3.06. The van der Waals surface area contributed by atoms with Crippen LogP contribution in [0.4, 0.5) is 5.69 Å². The second-order valence-corrected chi connectivity index (χ2v) is 5.00. The second-order valence-electron chi connectivity index (χ2n) is 5.00.